The first-order chi connectivity index (χ1) is 8.47. The van der Waals surface area contributed by atoms with Crippen LogP contribution in [0.5, 0.6) is 0 Å². The highest BCUT2D eigenvalue weighted by Gasteiger charge is 2.13. The molecule has 0 fully saturated rings. The van der Waals surface area contributed by atoms with E-state index >= 15 is 0 Å². The minimum Gasteiger partial charge on any atom is -0.450 e. The Bertz CT molecular complexity index is 355. The van der Waals surface area contributed by atoms with Crippen molar-refractivity contribution in [2.75, 3.05) is 6.61 Å². The van der Waals surface area contributed by atoms with Crippen molar-refractivity contribution in [2.24, 2.45) is 0 Å². The van der Waals surface area contributed by atoms with Crippen LogP contribution in [0.3, 0.4) is 0 Å². The highest BCUT2D eigenvalue weighted by atomic mass is 16.5. The molecule has 3 heteroatoms. The fourth-order valence-corrected chi connectivity index (χ4v) is 1.58. The second-order valence-electron chi connectivity index (χ2n) is 5.45. The van der Waals surface area contributed by atoms with Gasteiger partial charge in [-0.15, -0.1) is 0 Å². The average Bonchev–Trinajstić information content (AvgIpc) is 2.27. The minimum absolute atomic E-state index is 0.235. The van der Waals surface area contributed by atoms with Gasteiger partial charge in [-0.3, -0.25) is 0 Å². The van der Waals surface area contributed by atoms with Gasteiger partial charge in [-0.1, -0.05) is 30.3 Å². The Labute approximate surface area is 110 Å². The Morgan fingerprint density at radius 1 is 1.17 bits per heavy atom. The third-order valence-corrected chi connectivity index (χ3v) is 2.41. The zero-order valence-corrected chi connectivity index (χ0v) is 11.5. The number of carbonyl (C=O) groups excluding carboxylic acids is 1. The molecule has 1 aromatic rings. The molecule has 1 rings (SSSR count). The van der Waals surface area contributed by atoms with E-state index in [1.54, 1.807) is 0 Å². The number of benzene rings is 1. The maximum Gasteiger partial charge on any atom is 0.407 e. The van der Waals surface area contributed by atoms with Crippen LogP contribution in [0.25, 0.3) is 0 Å². The fraction of sp³-hybridized carbons (Fsp3) is 0.533. The standard InChI is InChI=1S/C15H23NO2/c1-15(2,3)16-14(17)18-12-8-7-11-13-9-5-4-6-10-13/h4-6,9-10H,7-8,11-12H2,1-3H3,(H,16,17). The smallest absolute Gasteiger partial charge is 0.407 e. The predicted molar refractivity (Wildman–Crippen MR) is 73.6 cm³/mol. The van der Waals surface area contributed by atoms with Crippen molar-refractivity contribution in [3.8, 4) is 0 Å². The van der Waals surface area contributed by atoms with E-state index in [-0.39, 0.29) is 11.6 Å². The molecule has 3 nitrogen and oxygen atoms in total. The topological polar surface area (TPSA) is 38.3 Å². The molecule has 1 aromatic carbocycles. The van der Waals surface area contributed by atoms with Gasteiger partial charge in [0.1, 0.15) is 0 Å². The van der Waals surface area contributed by atoms with E-state index in [2.05, 4.69) is 17.4 Å². The first-order valence-corrected chi connectivity index (χ1v) is 6.46. The molecule has 0 aliphatic rings. The molecular formula is C15H23NO2. The zero-order chi connectivity index (χ0) is 13.4. The van der Waals surface area contributed by atoms with Crippen molar-refractivity contribution < 1.29 is 9.53 Å². The van der Waals surface area contributed by atoms with Crippen LogP contribution in [0.4, 0.5) is 4.79 Å². The number of hydrogen-bond donors (Lipinski definition) is 1. The molecule has 1 amide bonds. The largest absolute Gasteiger partial charge is 0.450 e. The lowest BCUT2D eigenvalue weighted by molar-refractivity contribution is 0.135. The molecule has 0 aliphatic heterocycles. The summed E-state index contributed by atoms with van der Waals surface area (Å²) in [5.41, 5.74) is 1.10. The summed E-state index contributed by atoms with van der Waals surface area (Å²) in [7, 11) is 0. The van der Waals surface area contributed by atoms with Gasteiger partial charge in [0.15, 0.2) is 0 Å². The van der Waals surface area contributed by atoms with Gasteiger partial charge in [-0.05, 0) is 45.6 Å². The van der Waals surface area contributed by atoms with E-state index in [4.69, 9.17) is 4.74 Å². The van der Waals surface area contributed by atoms with Crippen LogP contribution in [0.15, 0.2) is 30.3 Å². The normalized spacial score (nSPS) is 11.1. The number of nitrogens with one attached hydrogen (secondary N) is 1. The molecule has 0 aliphatic carbocycles. The van der Waals surface area contributed by atoms with E-state index in [1.165, 1.54) is 5.56 Å². The maximum atomic E-state index is 11.4. The van der Waals surface area contributed by atoms with Crippen LogP contribution < -0.4 is 5.32 Å². The van der Waals surface area contributed by atoms with Crippen LogP contribution >= 0.6 is 0 Å². The number of carbonyl (C=O) groups is 1. The van der Waals surface area contributed by atoms with Gasteiger partial charge in [0.2, 0.25) is 0 Å². The Kier molecular flexibility index (Phi) is 5.69. The second kappa shape index (κ2) is 7.04. The number of unbranched alkanes of at least 4 members (excludes halogenated alkanes) is 1. The van der Waals surface area contributed by atoms with Crippen molar-refractivity contribution in [3.05, 3.63) is 35.9 Å². The molecule has 0 radical (unpaired) electrons. The quantitative estimate of drug-likeness (QED) is 0.811. The van der Waals surface area contributed by atoms with Crippen LogP contribution in [0.1, 0.15) is 39.2 Å². The molecule has 0 saturated carbocycles. The summed E-state index contributed by atoms with van der Waals surface area (Å²) >= 11 is 0. The number of ether oxygens (including phenoxy) is 1. The van der Waals surface area contributed by atoms with E-state index in [9.17, 15) is 4.79 Å². The summed E-state index contributed by atoms with van der Waals surface area (Å²) in [6.45, 7) is 6.28. The van der Waals surface area contributed by atoms with Gasteiger partial charge >= 0.3 is 6.09 Å². The third kappa shape index (κ3) is 6.94. The van der Waals surface area contributed by atoms with E-state index in [0.29, 0.717) is 6.61 Å². The lowest BCUT2D eigenvalue weighted by atomic mass is 10.1. The third-order valence-electron chi connectivity index (χ3n) is 2.41. The first-order valence-electron chi connectivity index (χ1n) is 6.46. The molecular weight excluding hydrogens is 226 g/mol. The molecule has 100 valence electrons. The minimum atomic E-state index is -0.331. The number of amides is 1. The SMILES string of the molecule is CC(C)(C)NC(=O)OCCCCc1ccccc1. The number of aryl methyl sites for hydroxylation is 1. The highest BCUT2D eigenvalue weighted by molar-refractivity contribution is 5.67. The highest BCUT2D eigenvalue weighted by Crippen LogP contribution is 2.05. The van der Waals surface area contributed by atoms with Gasteiger partial charge in [0, 0.05) is 5.54 Å². The second-order valence-corrected chi connectivity index (χ2v) is 5.45. The van der Waals surface area contributed by atoms with Gasteiger partial charge in [0.05, 0.1) is 6.61 Å². The fourth-order valence-electron chi connectivity index (χ4n) is 1.58. The number of alkyl carbamates (subject to hydrolysis) is 1. The summed E-state index contributed by atoms with van der Waals surface area (Å²) in [5, 5.41) is 2.77. The Morgan fingerprint density at radius 2 is 1.83 bits per heavy atom. The summed E-state index contributed by atoms with van der Waals surface area (Å²) < 4.78 is 5.11. The Hall–Kier alpha value is -1.51. The lowest BCUT2D eigenvalue weighted by Crippen LogP contribution is -2.41. The van der Waals surface area contributed by atoms with E-state index in [0.717, 1.165) is 19.3 Å². The van der Waals surface area contributed by atoms with Gasteiger partial charge in [-0.25, -0.2) is 4.79 Å². The monoisotopic (exact) mass is 249 g/mol. The molecule has 0 bridgehead atoms. The average molecular weight is 249 g/mol. The first kappa shape index (κ1) is 14.6. The van der Waals surface area contributed by atoms with Gasteiger partial charge in [0.25, 0.3) is 0 Å². The van der Waals surface area contributed by atoms with Crippen molar-refractivity contribution in [1.29, 1.82) is 0 Å². The predicted octanol–water partition coefficient (Wildman–Crippen LogP) is 3.53. The Morgan fingerprint density at radius 3 is 2.44 bits per heavy atom. The van der Waals surface area contributed by atoms with Crippen LogP contribution in [0, 0.1) is 0 Å². The molecule has 0 atom stereocenters. The van der Waals surface area contributed by atoms with Crippen LogP contribution in [0.2, 0.25) is 0 Å². The summed E-state index contributed by atoms with van der Waals surface area (Å²) in [5.74, 6) is 0. The molecule has 1 N–H and O–H groups in total. The van der Waals surface area contributed by atoms with Crippen molar-refractivity contribution in [2.45, 2.75) is 45.6 Å². The molecule has 18 heavy (non-hydrogen) atoms. The summed E-state index contributed by atoms with van der Waals surface area (Å²) in [4.78, 5) is 11.4. The van der Waals surface area contributed by atoms with E-state index in [1.807, 2.05) is 39.0 Å². The summed E-state index contributed by atoms with van der Waals surface area (Å²) in [6, 6.07) is 10.3. The molecule has 0 heterocycles. The number of hydrogen-bond acceptors (Lipinski definition) is 2. The molecule has 0 spiro atoms. The molecule has 0 saturated heterocycles. The lowest BCUT2D eigenvalue weighted by Gasteiger charge is -2.19. The van der Waals surface area contributed by atoms with Crippen molar-refractivity contribution in [3.63, 3.8) is 0 Å². The van der Waals surface area contributed by atoms with Gasteiger partial charge < -0.3 is 10.1 Å². The summed E-state index contributed by atoms with van der Waals surface area (Å²) in [6.07, 6.45) is 2.63. The Balaban J connectivity index is 2.07. The van der Waals surface area contributed by atoms with E-state index < -0.39 is 0 Å². The van der Waals surface area contributed by atoms with Crippen molar-refractivity contribution in [1.82, 2.24) is 5.32 Å². The van der Waals surface area contributed by atoms with Crippen molar-refractivity contribution >= 4 is 6.09 Å². The number of rotatable bonds is 5. The van der Waals surface area contributed by atoms with Crippen LogP contribution in [-0.4, -0.2) is 18.2 Å². The molecule has 0 unspecified atom stereocenters. The zero-order valence-electron chi connectivity index (χ0n) is 11.5. The molecule has 0 aromatic heterocycles. The maximum absolute atomic E-state index is 11.4. The van der Waals surface area contributed by atoms with Gasteiger partial charge in [-0.2, -0.15) is 0 Å². The van der Waals surface area contributed by atoms with Crippen LogP contribution in [-0.2, 0) is 11.2 Å².